The predicted octanol–water partition coefficient (Wildman–Crippen LogP) is 5.22. The van der Waals surface area contributed by atoms with Crippen molar-refractivity contribution in [1.82, 2.24) is 5.32 Å². The van der Waals surface area contributed by atoms with Gasteiger partial charge in [0, 0.05) is 24.8 Å². The SMILES string of the molecule is CC(C)(C(=O)Nc1ccc(N2CCC(NCC3CC3)CC2)c(Cl)c1)c1ccccc1. The maximum absolute atomic E-state index is 12.9. The lowest BCUT2D eigenvalue weighted by Crippen LogP contribution is -2.43. The summed E-state index contributed by atoms with van der Waals surface area (Å²) in [7, 11) is 0. The summed E-state index contributed by atoms with van der Waals surface area (Å²) in [5, 5.41) is 7.45. The molecule has 5 heteroatoms. The van der Waals surface area contributed by atoms with E-state index in [1.54, 1.807) is 0 Å². The number of halogens is 1. The van der Waals surface area contributed by atoms with E-state index in [4.69, 9.17) is 11.6 Å². The fourth-order valence-electron chi connectivity index (χ4n) is 4.09. The smallest absolute Gasteiger partial charge is 0.234 e. The maximum Gasteiger partial charge on any atom is 0.234 e. The standard InChI is InChI=1S/C25H32ClN3O/c1-25(2,19-6-4-3-5-7-19)24(30)28-21-10-11-23(22(26)16-21)29-14-12-20(13-15-29)27-17-18-8-9-18/h3-7,10-11,16,18,20,27H,8-9,12-15,17H2,1-2H3,(H,28,30). The highest BCUT2D eigenvalue weighted by Crippen LogP contribution is 2.33. The average Bonchev–Trinajstić information content (AvgIpc) is 3.58. The second-order valence-corrected chi connectivity index (χ2v) is 9.63. The molecule has 0 bridgehead atoms. The largest absolute Gasteiger partial charge is 0.370 e. The van der Waals surface area contributed by atoms with E-state index in [0.717, 1.165) is 48.8 Å². The lowest BCUT2D eigenvalue weighted by atomic mass is 9.83. The van der Waals surface area contributed by atoms with Gasteiger partial charge in [0.05, 0.1) is 16.1 Å². The van der Waals surface area contributed by atoms with Crippen molar-refractivity contribution in [3.05, 3.63) is 59.1 Å². The van der Waals surface area contributed by atoms with Crippen molar-refractivity contribution in [2.24, 2.45) is 5.92 Å². The Balaban J connectivity index is 1.35. The zero-order chi connectivity index (χ0) is 21.1. The molecule has 2 aliphatic rings. The Kier molecular flexibility index (Phi) is 6.35. The normalized spacial score (nSPS) is 17.8. The van der Waals surface area contributed by atoms with Crippen LogP contribution in [0.5, 0.6) is 0 Å². The van der Waals surface area contributed by atoms with Gasteiger partial charge in [-0.15, -0.1) is 0 Å². The van der Waals surface area contributed by atoms with Gasteiger partial charge in [-0.3, -0.25) is 4.79 Å². The van der Waals surface area contributed by atoms with Crippen LogP contribution in [0, 0.1) is 5.92 Å². The summed E-state index contributed by atoms with van der Waals surface area (Å²) in [6.07, 6.45) is 5.08. The Morgan fingerprint density at radius 3 is 2.40 bits per heavy atom. The molecule has 1 saturated heterocycles. The molecular weight excluding hydrogens is 394 g/mol. The molecule has 2 fully saturated rings. The molecule has 1 heterocycles. The lowest BCUT2D eigenvalue weighted by molar-refractivity contribution is -0.120. The van der Waals surface area contributed by atoms with Gasteiger partial charge in [0.1, 0.15) is 0 Å². The summed E-state index contributed by atoms with van der Waals surface area (Å²) < 4.78 is 0. The molecule has 1 aliphatic carbocycles. The van der Waals surface area contributed by atoms with Crippen LogP contribution in [-0.4, -0.2) is 31.6 Å². The first kappa shape index (κ1) is 21.2. The van der Waals surface area contributed by atoms with Crippen LogP contribution in [0.15, 0.2) is 48.5 Å². The van der Waals surface area contributed by atoms with Crippen LogP contribution in [0.3, 0.4) is 0 Å². The Labute approximate surface area is 185 Å². The molecule has 1 saturated carbocycles. The van der Waals surface area contributed by atoms with E-state index in [9.17, 15) is 4.79 Å². The summed E-state index contributed by atoms with van der Waals surface area (Å²) in [6.45, 7) is 7.08. The van der Waals surface area contributed by atoms with Gasteiger partial charge in [-0.2, -0.15) is 0 Å². The molecule has 0 aromatic heterocycles. The fourth-order valence-corrected chi connectivity index (χ4v) is 4.39. The third kappa shape index (κ3) is 4.98. The second kappa shape index (κ2) is 8.99. The third-order valence-corrected chi connectivity index (χ3v) is 6.80. The summed E-state index contributed by atoms with van der Waals surface area (Å²) >= 11 is 6.62. The van der Waals surface area contributed by atoms with Gasteiger partial charge < -0.3 is 15.5 Å². The molecule has 2 N–H and O–H groups in total. The van der Waals surface area contributed by atoms with Crippen LogP contribution < -0.4 is 15.5 Å². The van der Waals surface area contributed by atoms with E-state index in [0.29, 0.717) is 11.1 Å². The van der Waals surface area contributed by atoms with Crippen molar-refractivity contribution >= 4 is 28.9 Å². The molecule has 0 spiro atoms. The monoisotopic (exact) mass is 425 g/mol. The number of nitrogens with zero attached hydrogens (tertiary/aromatic N) is 1. The molecule has 4 rings (SSSR count). The number of nitrogens with one attached hydrogen (secondary N) is 2. The third-order valence-electron chi connectivity index (χ3n) is 6.50. The highest BCUT2D eigenvalue weighted by molar-refractivity contribution is 6.33. The van der Waals surface area contributed by atoms with E-state index in [-0.39, 0.29) is 5.91 Å². The Morgan fingerprint density at radius 2 is 1.77 bits per heavy atom. The number of amides is 1. The number of carbonyl (C=O) groups is 1. The topological polar surface area (TPSA) is 44.4 Å². The average molecular weight is 426 g/mol. The number of hydrogen-bond acceptors (Lipinski definition) is 3. The van der Waals surface area contributed by atoms with Gasteiger partial charge in [-0.05, 0) is 75.8 Å². The van der Waals surface area contributed by atoms with Crippen molar-refractivity contribution < 1.29 is 4.79 Å². The summed E-state index contributed by atoms with van der Waals surface area (Å²) in [5.74, 6) is 0.882. The number of benzene rings is 2. The summed E-state index contributed by atoms with van der Waals surface area (Å²) in [4.78, 5) is 15.3. The minimum atomic E-state index is -0.623. The first-order valence-corrected chi connectivity index (χ1v) is 11.5. The molecule has 2 aromatic rings. The van der Waals surface area contributed by atoms with Crippen LogP contribution >= 0.6 is 11.6 Å². The molecule has 0 unspecified atom stereocenters. The van der Waals surface area contributed by atoms with E-state index in [1.807, 2.05) is 62.4 Å². The maximum atomic E-state index is 12.9. The van der Waals surface area contributed by atoms with Crippen molar-refractivity contribution in [2.45, 2.75) is 51.0 Å². The van der Waals surface area contributed by atoms with Crippen LogP contribution in [0.25, 0.3) is 0 Å². The highest BCUT2D eigenvalue weighted by atomic mass is 35.5. The van der Waals surface area contributed by atoms with Gasteiger partial charge in [0.15, 0.2) is 0 Å². The molecule has 30 heavy (non-hydrogen) atoms. The molecule has 4 nitrogen and oxygen atoms in total. The van der Waals surface area contributed by atoms with Gasteiger partial charge in [-0.25, -0.2) is 0 Å². The van der Waals surface area contributed by atoms with E-state index in [2.05, 4.69) is 15.5 Å². The zero-order valence-corrected chi connectivity index (χ0v) is 18.7. The molecule has 0 atom stereocenters. The zero-order valence-electron chi connectivity index (χ0n) is 18.0. The van der Waals surface area contributed by atoms with Crippen molar-refractivity contribution in [2.75, 3.05) is 29.9 Å². The minimum absolute atomic E-state index is 0.0416. The van der Waals surface area contributed by atoms with Gasteiger partial charge in [0.2, 0.25) is 5.91 Å². The van der Waals surface area contributed by atoms with Crippen LogP contribution in [0.2, 0.25) is 5.02 Å². The van der Waals surface area contributed by atoms with Crippen molar-refractivity contribution in [1.29, 1.82) is 0 Å². The quantitative estimate of drug-likeness (QED) is 0.638. The summed E-state index contributed by atoms with van der Waals surface area (Å²) in [6, 6.07) is 16.3. The van der Waals surface area contributed by atoms with Gasteiger partial charge in [-0.1, -0.05) is 41.9 Å². The van der Waals surface area contributed by atoms with Crippen LogP contribution in [-0.2, 0) is 10.2 Å². The number of hydrogen-bond donors (Lipinski definition) is 2. The Hall–Kier alpha value is -2.04. The molecular formula is C25H32ClN3O. The second-order valence-electron chi connectivity index (χ2n) is 9.22. The van der Waals surface area contributed by atoms with Crippen molar-refractivity contribution in [3.8, 4) is 0 Å². The molecule has 1 amide bonds. The minimum Gasteiger partial charge on any atom is -0.370 e. The Morgan fingerprint density at radius 1 is 1.07 bits per heavy atom. The van der Waals surface area contributed by atoms with Gasteiger partial charge in [0.25, 0.3) is 0 Å². The number of piperidine rings is 1. The van der Waals surface area contributed by atoms with Crippen molar-refractivity contribution in [3.63, 3.8) is 0 Å². The van der Waals surface area contributed by atoms with Crippen LogP contribution in [0.1, 0.15) is 45.1 Å². The fraction of sp³-hybridized carbons (Fsp3) is 0.480. The lowest BCUT2D eigenvalue weighted by Gasteiger charge is -2.34. The first-order valence-electron chi connectivity index (χ1n) is 11.1. The number of anilines is 2. The number of carbonyl (C=O) groups excluding carboxylic acids is 1. The molecule has 0 radical (unpaired) electrons. The highest BCUT2D eigenvalue weighted by Gasteiger charge is 2.30. The predicted molar refractivity (Wildman–Crippen MR) is 126 cm³/mol. The first-order chi connectivity index (χ1) is 14.4. The van der Waals surface area contributed by atoms with Gasteiger partial charge >= 0.3 is 0 Å². The molecule has 1 aliphatic heterocycles. The summed E-state index contributed by atoms with van der Waals surface area (Å²) in [5.41, 5.74) is 2.15. The Bertz CT molecular complexity index is 871. The molecule has 160 valence electrons. The molecule has 2 aromatic carbocycles. The van der Waals surface area contributed by atoms with Crippen LogP contribution in [0.4, 0.5) is 11.4 Å². The van der Waals surface area contributed by atoms with E-state index < -0.39 is 5.41 Å². The van der Waals surface area contributed by atoms with E-state index in [1.165, 1.54) is 19.4 Å². The number of rotatable bonds is 7. The van der Waals surface area contributed by atoms with E-state index >= 15 is 0 Å².